The van der Waals surface area contributed by atoms with E-state index in [9.17, 15) is 14.9 Å². The number of rotatable bonds is 6. The van der Waals surface area contributed by atoms with Gasteiger partial charge in [0.15, 0.2) is 0 Å². The molecule has 0 spiro atoms. The van der Waals surface area contributed by atoms with Gasteiger partial charge in [-0.3, -0.25) is 14.9 Å². The third kappa shape index (κ3) is 6.24. The van der Waals surface area contributed by atoms with Gasteiger partial charge in [0.05, 0.1) is 26.5 Å². The van der Waals surface area contributed by atoms with E-state index in [-0.39, 0.29) is 23.6 Å². The maximum absolute atomic E-state index is 13.4. The largest absolute Gasteiger partial charge is 0.481 e. The Bertz CT molecular complexity index is 1660. The summed E-state index contributed by atoms with van der Waals surface area (Å²) >= 11 is 13.7. The minimum atomic E-state index is -0.518. The highest BCUT2D eigenvalue weighted by atomic mass is 79.9. The molecule has 4 aromatic rings. The van der Waals surface area contributed by atoms with E-state index in [1.165, 1.54) is 17.0 Å². The zero-order valence-corrected chi connectivity index (χ0v) is 26.7. The van der Waals surface area contributed by atoms with Crippen molar-refractivity contribution in [2.45, 2.75) is 32.8 Å². The molecule has 3 aromatic carbocycles. The first-order chi connectivity index (χ1) is 17.8. The van der Waals surface area contributed by atoms with Gasteiger partial charge in [-0.05, 0) is 52.3 Å². The van der Waals surface area contributed by atoms with Crippen molar-refractivity contribution in [1.29, 1.82) is 0 Å². The molecule has 196 valence electrons. The van der Waals surface area contributed by atoms with Crippen molar-refractivity contribution in [3.63, 3.8) is 0 Å². The molecular weight excluding hydrogens is 752 g/mol. The van der Waals surface area contributed by atoms with Gasteiger partial charge in [-0.15, -0.1) is 0 Å². The van der Waals surface area contributed by atoms with Crippen LogP contribution in [0.2, 0.25) is 0 Å². The Balaban J connectivity index is 1.75. The number of hydrogen-bond donors (Lipinski definition) is 0. The summed E-state index contributed by atoms with van der Waals surface area (Å²) in [6.07, 6.45) is 1.40. The van der Waals surface area contributed by atoms with Crippen LogP contribution >= 0.6 is 63.7 Å². The minimum absolute atomic E-state index is 0.0896. The normalized spacial score (nSPS) is 11.9. The summed E-state index contributed by atoms with van der Waals surface area (Å²) < 4.78 is 9.92. The number of benzene rings is 3. The summed E-state index contributed by atoms with van der Waals surface area (Å²) in [5.41, 5.74) is 0.714. The molecule has 0 amide bonds. The van der Waals surface area contributed by atoms with Crippen LogP contribution in [0, 0.1) is 10.1 Å². The Kier molecular flexibility index (Phi) is 8.55. The lowest BCUT2D eigenvalue weighted by molar-refractivity contribution is -0.386. The number of fused-ring (bicyclic) bond motifs is 1. The maximum atomic E-state index is 13.4. The van der Waals surface area contributed by atoms with Gasteiger partial charge in [0.2, 0.25) is 5.75 Å². The van der Waals surface area contributed by atoms with Crippen LogP contribution < -0.4 is 10.3 Å². The highest BCUT2D eigenvalue weighted by Gasteiger charge is 2.24. The second kappa shape index (κ2) is 11.4. The first-order valence-corrected chi connectivity index (χ1v) is 14.3. The molecule has 1 heterocycles. The van der Waals surface area contributed by atoms with Crippen molar-refractivity contribution in [1.82, 2.24) is 9.66 Å². The van der Waals surface area contributed by atoms with E-state index in [2.05, 4.69) is 73.8 Å². The molecule has 0 bridgehead atoms. The molecule has 0 atom stereocenters. The van der Waals surface area contributed by atoms with Gasteiger partial charge >= 0.3 is 5.69 Å². The third-order valence-corrected chi connectivity index (χ3v) is 7.75. The van der Waals surface area contributed by atoms with Crippen molar-refractivity contribution < 1.29 is 9.66 Å². The van der Waals surface area contributed by atoms with Crippen LogP contribution in [-0.4, -0.2) is 20.8 Å². The average Bonchev–Trinajstić information content (AvgIpc) is 2.83. The van der Waals surface area contributed by atoms with Gasteiger partial charge in [0.25, 0.3) is 5.56 Å². The summed E-state index contributed by atoms with van der Waals surface area (Å²) in [5, 5.41) is 16.7. The van der Waals surface area contributed by atoms with Crippen LogP contribution in [0.1, 0.15) is 37.7 Å². The number of nitro groups is 1. The lowest BCUT2D eigenvalue weighted by Gasteiger charge is -2.20. The fraction of sp³-hybridized carbons (Fsp3) is 0.192. The fourth-order valence-electron chi connectivity index (χ4n) is 3.61. The van der Waals surface area contributed by atoms with Crippen LogP contribution in [0.5, 0.6) is 5.75 Å². The molecule has 0 N–H and O–H groups in total. The molecule has 0 aliphatic rings. The van der Waals surface area contributed by atoms with Crippen LogP contribution in [-0.2, 0) is 12.0 Å². The van der Waals surface area contributed by atoms with Crippen molar-refractivity contribution >= 4 is 86.5 Å². The van der Waals surface area contributed by atoms with E-state index in [1.807, 2.05) is 45.0 Å². The van der Waals surface area contributed by atoms with Crippen LogP contribution in [0.4, 0.5) is 5.69 Å². The smallest absolute Gasteiger partial charge is 0.312 e. The van der Waals surface area contributed by atoms with E-state index in [0.29, 0.717) is 26.8 Å². The van der Waals surface area contributed by atoms with Gasteiger partial charge in [-0.1, -0.05) is 74.6 Å². The standard InChI is InChI=1S/C26H20Br4N4O4/c1-26(2,3)25-32-21-7-6-16(27)10-18(21)24(35)33(25)31-12-14-8-20(30)23(22(9-14)34(36)37)38-13-15-4-5-17(28)11-19(15)29/h4-12H,13H2,1-3H3. The molecule has 1 aromatic heterocycles. The quantitative estimate of drug-likeness (QED) is 0.112. The molecule has 0 fully saturated rings. The van der Waals surface area contributed by atoms with E-state index in [1.54, 1.807) is 18.2 Å². The van der Waals surface area contributed by atoms with E-state index >= 15 is 0 Å². The average molecular weight is 772 g/mol. The van der Waals surface area contributed by atoms with Gasteiger partial charge in [0.1, 0.15) is 12.4 Å². The number of halogens is 4. The predicted molar refractivity (Wildman–Crippen MR) is 162 cm³/mol. The van der Waals surface area contributed by atoms with E-state index in [0.717, 1.165) is 19.0 Å². The Labute approximate surface area is 251 Å². The summed E-state index contributed by atoms with van der Waals surface area (Å²) in [6.45, 7) is 5.91. The first-order valence-electron chi connectivity index (χ1n) is 11.2. The van der Waals surface area contributed by atoms with Crippen molar-refractivity contribution in [3.05, 3.63) is 104 Å². The maximum Gasteiger partial charge on any atom is 0.312 e. The zero-order valence-electron chi connectivity index (χ0n) is 20.3. The molecule has 0 radical (unpaired) electrons. The fourth-order valence-corrected chi connectivity index (χ4v) is 5.71. The zero-order chi connectivity index (χ0) is 27.8. The van der Waals surface area contributed by atoms with Crippen molar-refractivity contribution in [3.8, 4) is 5.75 Å². The molecular formula is C26H20Br4N4O4. The predicted octanol–water partition coefficient (Wildman–Crippen LogP) is 8.11. The molecule has 0 saturated heterocycles. The lowest BCUT2D eigenvalue weighted by Crippen LogP contribution is -2.29. The molecule has 38 heavy (non-hydrogen) atoms. The molecule has 0 saturated carbocycles. The molecule has 0 aliphatic carbocycles. The number of nitrogens with zero attached hydrogens (tertiary/aromatic N) is 4. The SMILES string of the molecule is CC(C)(C)c1nc2ccc(Br)cc2c(=O)n1N=Cc1cc(Br)c(OCc2ccc(Br)cc2Br)c([N+](=O)[O-])c1. The summed E-state index contributed by atoms with van der Waals surface area (Å²) in [7, 11) is 0. The van der Waals surface area contributed by atoms with Crippen LogP contribution in [0.25, 0.3) is 10.9 Å². The Hall–Kier alpha value is -2.41. The Morgan fingerprint density at radius 2 is 1.71 bits per heavy atom. The molecule has 4 rings (SSSR count). The second-order valence-corrected chi connectivity index (χ2v) is 12.9. The molecule has 0 aliphatic heterocycles. The highest BCUT2D eigenvalue weighted by molar-refractivity contribution is 9.11. The Morgan fingerprint density at radius 3 is 2.37 bits per heavy atom. The molecule has 12 heteroatoms. The van der Waals surface area contributed by atoms with Gasteiger partial charge < -0.3 is 4.74 Å². The van der Waals surface area contributed by atoms with Gasteiger partial charge in [-0.25, -0.2) is 4.98 Å². The summed E-state index contributed by atoms with van der Waals surface area (Å²) in [4.78, 5) is 29.5. The van der Waals surface area contributed by atoms with Crippen LogP contribution in [0.3, 0.4) is 0 Å². The third-order valence-electron chi connectivity index (χ3n) is 5.43. The minimum Gasteiger partial charge on any atom is -0.481 e. The number of aromatic nitrogens is 2. The van der Waals surface area contributed by atoms with E-state index in [4.69, 9.17) is 4.74 Å². The molecule has 0 unspecified atom stereocenters. The highest BCUT2D eigenvalue weighted by Crippen LogP contribution is 2.37. The van der Waals surface area contributed by atoms with Gasteiger partial charge in [0, 0.05) is 36.0 Å². The Morgan fingerprint density at radius 1 is 1.03 bits per heavy atom. The number of ether oxygens (including phenoxy) is 1. The lowest BCUT2D eigenvalue weighted by atomic mass is 9.95. The van der Waals surface area contributed by atoms with Crippen molar-refractivity contribution in [2.24, 2.45) is 5.10 Å². The van der Waals surface area contributed by atoms with Crippen LogP contribution in [0.15, 0.2) is 76.3 Å². The number of nitro benzene ring substituents is 1. The van der Waals surface area contributed by atoms with Crippen molar-refractivity contribution in [2.75, 3.05) is 0 Å². The van der Waals surface area contributed by atoms with E-state index < -0.39 is 10.3 Å². The second-order valence-electron chi connectivity index (χ2n) is 9.34. The number of hydrogen-bond acceptors (Lipinski definition) is 6. The molecule has 8 nitrogen and oxygen atoms in total. The topological polar surface area (TPSA) is 99.6 Å². The van der Waals surface area contributed by atoms with Gasteiger partial charge in [-0.2, -0.15) is 9.78 Å². The monoisotopic (exact) mass is 768 g/mol. The summed E-state index contributed by atoms with van der Waals surface area (Å²) in [6, 6.07) is 13.9. The first kappa shape index (κ1) is 28.6. The summed E-state index contributed by atoms with van der Waals surface area (Å²) in [5.74, 6) is 0.550.